The summed E-state index contributed by atoms with van der Waals surface area (Å²) in [5, 5.41) is 0. The third-order valence-electron chi connectivity index (χ3n) is 1.39. The lowest BCUT2D eigenvalue weighted by molar-refractivity contribution is -0.120. The summed E-state index contributed by atoms with van der Waals surface area (Å²) in [5.74, 6) is 0.143. The first kappa shape index (κ1) is 8.18. The van der Waals surface area contributed by atoms with Crippen LogP contribution in [0.1, 0.15) is 0 Å². The number of carbonyl (C=O) groups is 1. The van der Waals surface area contributed by atoms with Crippen LogP contribution >= 0.6 is 15.9 Å². The zero-order valence-corrected chi connectivity index (χ0v) is 7.82. The van der Waals surface area contributed by atoms with Crippen LogP contribution in [0.3, 0.4) is 0 Å². The van der Waals surface area contributed by atoms with E-state index in [1.165, 1.54) is 12.5 Å². The summed E-state index contributed by atoms with van der Waals surface area (Å²) in [6.07, 6.45) is 2.78. The van der Waals surface area contributed by atoms with Gasteiger partial charge in [-0.3, -0.25) is 4.79 Å². The van der Waals surface area contributed by atoms with Crippen molar-refractivity contribution in [1.82, 2.24) is 9.97 Å². The summed E-state index contributed by atoms with van der Waals surface area (Å²) >= 11 is 3.21. The molecular weight excluding hydrogens is 240 g/mol. The van der Waals surface area contributed by atoms with Crippen LogP contribution in [0.25, 0.3) is 11.2 Å². The number of carbonyl (C=O) groups excluding carboxylic acids is 1. The van der Waals surface area contributed by atoms with Gasteiger partial charge in [-0.2, -0.15) is 0 Å². The lowest BCUT2D eigenvalue weighted by Crippen LogP contribution is -1.92. The highest BCUT2D eigenvalue weighted by Gasteiger charge is 2.07. The van der Waals surface area contributed by atoms with E-state index >= 15 is 0 Å². The quantitative estimate of drug-likeness (QED) is 0.748. The van der Waals surface area contributed by atoms with E-state index < -0.39 is 0 Å². The van der Waals surface area contributed by atoms with Gasteiger partial charge in [-0.25, -0.2) is 9.97 Å². The van der Waals surface area contributed by atoms with Gasteiger partial charge in [0.2, 0.25) is 11.6 Å². The second kappa shape index (κ2) is 3.14. The van der Waals surface area contributed by atoms with Gasteiger partial charge in [0.25, 0.3) is 6.47 Å². The van der Waals surface area contributed by atoms with Crippen molar-refractivity contribution in [2.75, 3.05) is 0 Å². The second-order valence-corrected chi connectivity index (χ2v) is 3.01. The Bertz CT molecular complexity index is 454. The maximum Gasteiger partial charge on any atom is 0.299 e. The van der Waals surface area contributed by atoms with Gasteiger partial charge >= 0.3 is 0 Å². The first-order valence-corrected chi connectivity index (χ1v) is 4.10. The van der Waals surface area contributed by atoms with Crippen LogP contribution in [0, 0.1) is 0 Å². The van der Waals surface area contributed by atoms with Gasteiger partial charge in [-0.05, 0) is 15.9 Å². The molecule has 0 aliphatic rings. The number of hydrogen-bond acceptors (Lipinski definition) is 5. The first-order chi connectivity index (χ1) is 6.31. The molecule has 0 amide bonds. The smallest absolute Gasteiger partial charge is 0.299 e. The molecule has 6 heteroatoms. The van der Waals surface area contributed by atoms with Crippen molar-refractivity contribution in [2.24, 2.45) is 0 Å². The van der Waals surface area contributed by atoms with Crippen LogP contribution in [0.5, 0.6) is 5.88 Å². The average molecular weight is 243 g/mol. The fraction of sp³-hybridized carbons (Fsp3) is 0. The highest BCUT2D eigenvalue weighted by molar-refractivity contribution is 9.10. The SMILES string of the molecule is O=COc1cnc2occ(Br)c2n1. The van der Waals surface area contributed by atoms with Gasteiger partial charge in [0.15, 0.2) is 0 Å². The number of ether oxygens (including phenoxy) is 1. The molecule has 5 nitrogen and oxygen atoms in total. The van der Waals surface area contributed by atoms with Crippen LogP contribution in [-0.2, 0) is 4.79 Å². The van der Waals surface area contributed by atoms with E-state index in [2.05, 4.69) is 30.6 Å². The topological polar surface area (TPSA) is 65.2 Å². The summed E-state index contributed by atoms with van der Waals surface area (Å²) in [7, 11) is 0. The molecule has 2 rings (SSSR count). The van der Waals surface area contributed by atoms with E-state index in [-0.39, 0.29) is 5.88 Å². The van der Waals surface area contributed by atoms with Crippen LogP contribution < -0.4 is 4.74 Å². The van der Waals surface area contributed by atoms with E-state index in [1.54, 1.807) is 0 Å². The molecule has 0 unspecified atom stereocenters. The molecule has 0 aliphatic carbocycles. The minimum atomic E-state index is 0.143. The molecule has 66 valence electrons. The van der Waals surface area contributed by atoms with Crippen molar-refractivity contribution in [1.29, 1.82) is 0 Å². The van der Waals surface area contributed by atoms with Crippen molar-refractivity contribution in [2.45, 2.75) is 0 Å². The molecule has 0 spiro atoms. The zero-order valence-electron chi connectivity index (χ0n) is 6.23. The van der Waals surface area contributed by atoms with Crippen LogP contribution in [0.2, 0.25) is 0 Å². The van der Waals surface area contributed by atoms with Crippen molar-refractivity contribution in [3.05, 3.63) is 16.9 Å². The average Bonchev–Trinajstić information content (AvgIpc) is 2.49. The fourth-order valence-electron chi connectivity index (χ4n) is 0.873. The maximum absolute atomic E-state index is 10.0. The Kier molecular flexibility index (Phi) is 1.97. The fourth-order valence-corrected chi connectivity index (χ4v) is 1.22. The largest absolute Gasteiger partial charge is 0.444 e. The Hall–Kier alpha value is -1.43. The molecule has 2 aromatic heterocycles. The Labute approximate surface area is 80.9 Å². The lowest BCUT2D eigenvalue weighted by atomic mass is 10.5. The number of hydrogen-bond donors (Lipinski definition) is 0. The molecule has 0 fully saturated rings. The molecule has 2 heterocycles. The van der Waals surface area contributed by atoms with Crippen molar-refractivity contribution in [3.63, 3.8) is 0 Å². The number of rotatable bonds is 2. The summed E-state index contributed by atoms with van der Waals surface area (Å²) in [6, 6.07) is 0. The van der Waals surface area contributed by atoms with Gasteiger partial charge in [0, 0.05) is 0 Å². The van der Waals surface area contributed by atoms with E-state index in [1.807, 2.05) is 0 Å². The molecule has 0 atom stereocenters. The van der Waals surface area contributed by atoms with Gasteiger partial charge < -0.3 is 9.15 Å². The third-order valence-corrected chi connectivity index (χ3v) is 1.95. The number of fused-ring (bicyclic) bond motifs is 1. The second-order valence-electron chi connectivity index (χ2n) is 2.16. The van der Waals surface area contributed by atoms with E-state index in [4.69, 9.17) is 4.42 Å². The van der Waals surface area contributed by atoms with Crippen LogP contribution in [0.15, 0.2) is 21.3 Å². The Morgan fingerprint density at radius 2 is 2.46 bits per heavy atom. The number of halogens is 1. The van der Waals surface area contributed by atoms with Gasteiger partial charge in [-0.15, -0.1) is 0 Å². The summed E-state index contributed by atoms with van der Waals surface area (Å²) in [5.41, 5.74) is 0.921. The maximum atomic E-state index is 10.0. The zero-order chi connectivity index (χ0) is 9.26. The minimum absolute atomic E-state index is 0.143. The first-order valence-electron chi connectivity index (χ1n) is 3.31. The van der Waals surface area contributed by atoms with E-state index in [0.29, 0.717) is 22.2 Å². The number of furan rings is 1. The molecular formula is C7H3BrN2O3. The van der Waals surface area contributed by atoms with Crippen molar-refractivity contribution in [3.8, 4) is 5.88 Å². The number of nitrogens with zero attached hydrogens (tertiary/aromatic N) is 2. The van der Waals surface area contributed by atoms with Crippen molar-refractivity contribution >= 4 is 33.6 Å². The van der Waals surface area contributed by atoms with Gasteiger partial charge in [0.05, 0.1) is 10.7 Å². The molecule has 0 aliphatic heterocycles. The minimum Gasteiger partial charge on any atom is -0.444 e. The Balaban J connectivity index is 2.58. The van der Waals surface area contributed by atoms with Gasteiger partial charge in [0.1, 0.15) is 11.8 Å². The Morgan fingerprint density at radius 1 is 1.62 bits per heavy atom. The highest BCUT2D eigenvalue weighted by atomic mass is 79.9. The normalized spacial score (nSPS) is 10.2. The van der Waals surface area contributed by atoms with E-state index in [9.17, 15) is 4.79 Å². The molecule has 0 radical (unpaired) electrons. The summed E-state index contributed by atoms with van der Waals surface area (Å²) < 4.78 is 10.2. The standard InChI is InChI=1S/C7H3BrN2O3/c8-4-2-12-7-6(4)10-5(1-9-7)13-3-11/h1-3H. The molecule has 0 aromatic carbocycles. The van der Waals surface area contributed by atoms with Gasteiger partial charge in [-0.1, -0.05) is 0 Å². The molecule has 0 saturated carbocycles. The van der Waals surface area contributed by atoms with Crippen LogP contribution in [0.4, 0.5) is 0 Å². The van der Waals surface area contributed by atoms with Crippen LogP contribution in [-0.4, -0.2) is 16.4 Å². The predicted molar refractivity (Wildman–Crippen MR) is 46.2 cm³/mol. The summed E-state index contributed by atoms with van der Waals surface area (Å²) in [4.78, 5) is 17.9. The molecule has 0 N–H and O–H groups in total. The van der Waals surface area contributed by atoms with E-state index in [0.717, 1.165) is 0 Å². The molecule has 13 heavy (non-hydrogen) atoms. The Morgan fingerprint density at radius 3 is 3.23 bits per heavy atom. The lowest BCUT2D eigenvalue weighted by Gasteiger charge is -1.93. The van der Waals surface area contributed by atoms with Crippen molar-refractivity contribution < 1.29 is 13.9 Å². The monoisotopic (exact) mass is 242 g/mol. The predicted octanol–water partition coefficient (Wildman–Crippen LogP) is 1.52. The third kappa shape index (κ3) is 1.40. The molecule has 2 aromatic rings. The highest BCUT2D eigenvalue weighted by Crippen LogP contribution is 2.23. The number of aromatic nitrogens is 2. The molecule has 0 saturated heterocycles. The molecule has 0 bridgehead atoms. The summed E-state index contributed by atoms with van der Waals surface area (Å²) in [6.45, 7) is 0.295.